The van der Waals surface area contributed by atoms with Crippen LogP contribution in [-0.4, -0.2) is 13.2 Å². The maximum absolute atomic E-state index is 6.10. The Hall–Kier alpha value is -0.730. The lowest BCUT2D eigenvalue weighted by molar-refractivity contribution is 0.411. The summed E-state index contributed by atoms with van der Waals surface area (Å²) in [6, 6.07) is 4.22. The molecule has 1 aromatic rings. The normalized spacial score (nSPS) is 12.6. The average Bonchev–Trinajstić information content (AvgIpc) is 2.17. The van der Waals surface area contributed by atoms with Gasteiger partial charge in [-0.05, 0) is 37.0 Å². The van der Waals surface area contributed by atoms with Crippen LogP contribution in [0.5, 0.6) is 5.75 Å². The first-order chi connectivity index (χ1) is 7.08. The van der Waals surface area contributed by atoms with Crippen molar-refractivity contribution < 1.29 is 4.74 Å². The molecule has 3 heteroatoms. The summed E-state index contributed by atoms with van der Waals surface area (Å²) >= 11 is 6.10. The first-order valence-corrected chi connectivity index (χ1v) is 5.54. The van der Waals surface area contributed by atoms with Crippen molar-refractivity contribution in [2.24, 2.45) is 5.73 Å². The minimum atomic E-state index is 0.203. The Balaban J connectivity index is 2.93. The van der Waals surface area contributed by atoms with Crippen LogP contribution in [0.25, 0.3) is 0 Å². The second-order valence-corrected chi connectivity index (χ2v) is 4.21. The molecule has 2 nitrogen and oxygen atoms in total. The smallest absolute Gasteiger partial charge is 0.140 e. The molecule has 0 heterocycles. The SMILES string of the molecule is CCC(N)Cc1cc(C)c(OC)c(Cl)c1. The molecule has 0 spiro atoms. The predicted octanol–water partition coefficient (Wildman–Crippen LogP) is 2.94. The highest BCUT2D eigenvalue weighted by molar-refractivity contribution is 6.32. The summed E-state index contributed by atoms with van der Waals surface area (Å²) in [4.78, 5) is 0. The first-order valence-electron chi connectivity index (χ1n) is 5.17. The number of hydrogen-bond acceptors (Lipinski definition) is 2. The van der Waals surface area contributed by atoms with Gasteiger partial charge in [0, 0.05) is 6.04 Å². The van der Waals surface area contributed by atoms with Crippen LogP contribution in [0.1, 0.15) is 24.5 Å². The number of rotatable bonds is 4. The molecule has 0 aliphatic heterocycles. The standard InChI is InChI=1S/C12H18ClNO/c1-4-10(14)6-9-5-8(2)12(15-3)11(13)7-9/h5,7,10H,4,6,14H2,1-3H3. The van der Waals surface area contributed by atoms with Crippen molar-refractivity contribution >= 4 is 11.6 Å². The quantitative estimate of drug-likeness (QED) is 0.859. The average molecular weight is 228 g/mol. The van der Waals surface area contributed by atoms with Gasteiger partial charge in [-0.2, -0.15) is 0 Å². The molecule has 0 aliphatic carbocycles. The summed E-state index contributed by atoms with van der Waals surface area (Å²) in [5.41, 5.74) is 8.13. The van der Waals surface area contributed by atoms with E-state index in [4.69, 9.17) is 22.1 Å². The molecule has 0 radical (unpaired) electrons. The fourth-order valence-electron chi connectivity index (χ4n) is 1.63. The number of nitrogens with two attached hydrogens (primary N) is 1. The summed E-state index contributed by atoms with van der Waals surface area (Å²) in [6.07, 6.45) is 1.84. The topological polar surface area (TPSA) is 35.2 Å². The number of benzene rings is 1. The third-order valence-corrected chi connectivity index (χ3v) is 2.80. The van der Waals surface area contributed by atoms with Crippen LogP contribution in [0.15, 0.2) is 12.1 Å². The Kier molecular flexibility index (Phi) is 4.43. The molecule has 1 atom stereocenters. The summed E-state index contributed by atoms with van der Waals surface area (Å²) < 4.78 is 5.20. The van der Waals surface area contributed by atoms with Gasteiger partial charge in [0.25, 0.3) is 0 Å². The highest BCUT2D eigenvalue weighted by atomic mass is 35.5. The fraction of sp³-hybridized carbons (Fsp3) is 0.500. The highest BCUT2D eigenvalue weighted by Gasteiger charge is 2.08. The van der Waals surface area contributed by atoms with Gasteiger partial charge < -0.3 is 10.5 Å². The Labute approximate surface area is 96.4 Å². The molecule has 0 saturated heterocycles. The van der Waals surface area contributed by atoms with Crippen molar-refractivity contribution in [3.63, 3.8) is 0 Å². The van der Waals surface area contributed by atoms with Gasteiger partial charge in [-0.15, -0.1) is 0 Å². The zero-order chi connectivity index (χ0) is 11.4. The third-order valence-electron chi connectivity index (χ3n) is 2.52. The largest absolute Gasteiger partial charge is 0.495 e. The van der Waals surface area contributed by atoms with E-state index >= 15 is 0 Å². The van der Waals surface area contributed by atoms with Crippen molar-refractivity contribution in [3.05, 3.63) is 28.3 Å². The zero-order valence-corrected chi connectivity index (χ0v) is 10.3. The van der Waals surface area contributed by atoms with Gasteiger partial charge in [-0.3, -0.25) is 0 Å². The predicted molar refractivity (Wildman–Crippen MR) is 64.7 cm³/mol. The molecule has 15 heavy (non-hydrogen) atoms. The van der Waals surface area contributed by atoms with E-state index in [1.807, 2.05) is 13.0 Å². The monoisotopic (exact) mass is 227 g/mol. The van der Waals surface area contributed by atoms with Gasteiger partial charge in [-0.25, -0.2) is 0 Å². The first kappa shape index (κ1) is 12.3. The molecular formula is C12H18ClNO. The van der Waals surface area contributed by atoms with E-state index in [1.54, 1.807) is 7.11 Å². The van der Waals surface area contributed by atoms with Crippen LogP contribution >= 0.6 is 11.6 Å². The van der Waals surface area contributed by atoms with Crippen molar-refractivity contribution in [2.75, 3.05) is 7.11 Å². The number of methoxy groups -OCH3 is 1. The van der Waals surface area contributed by atoms with Crippen molar-refractivity contribution in [2.45, 2.75) is 32.7 Å². The minimum absolute atomic E-state index is 0.203. The van der Waals surface area contributed by atoms with Gasteiger partial charge in [0.15, 0.2) is 0 Å². The molecule has 0 aliphatic rings. The highest BCUT2D eigenvalue weighted by Crippen LogP contribution is 2.29. The molecular weight excluding hydrogens is 210 g/mol. The lowest BCUT2D eigenvalue weighted by atomic mass is 10.0. The van der Waals surface area contributed by atoms with Crippen LogP contribution in [0.4, 0.5) is 0 Å². The summed E-state index contributed by atoms with van der Waals surface area (Å²) in [6.45, 7) is 4.08. The van der Waals surface area contributed by atoms with E-state index < -0.39 is 0 Å². The van der Waals surface area contributed by atoms with Crippen LogP contribution in [0.2, 0.25) is 5.02 Å². The third kappa shape index (κ3) is 3.11. The fourth-order valence-corrected chi connectivity index (χ4v) is 1.99. The van der Waals surface area contributed by atoms with Gasteiger partial charge in [-0.1, -0.05) is 24.6 Å². The van der Waals surface area contributed by atoms with Gasteiger partial charge >= 0.3 is 0 Å². The second kappa shape index (κ2) is 5.38. The van der Waals surface area contributed by atoms with Crippen molar-refractivity contribution in [1.82, 2.24) is 0 Å². The molecule has 0 bridgehead atoms. The molecule has 84 valence electrons. The van der Waals surface area contributed by atoms with Gasteiger partial charge in [0.1, 0.15) is 5.75 Å². The lowest BCUT2D eigenvalue weighted by Crippen LogP contribution is -2.21. The minimum Gasteiger partial charge on any atom is -0.495 e. The van der Waals surface area contributed by atoms with E-state index in [0.29, 0.717) is 5.02 Å². The Morgan fingerprint density at radius 3 is 2.60 bits per heavy atom. The lowest BCUT2D eigenvalue weighted by Gasteiger charge is -2.12. The number of halogens is 1. The summed E-state index contributed by atoms with van der Waals surface area (Å²) in [5.74, 6) is 0.755. The second-order valence-electron chi connectivity index (χ2n) is 3.80. The van der Waals surface area contributed by atoms with Crippen LogP contribution in [-0.2, 0) is 6.42 Å². The molecule has 0 saturated carbocycles. The van der Waals surface area contributed by atoms with E-state index in [1.165, 1.54) is 5.56 Å². The van der Waals surface area contributed by atoms with E-state index in [9.17, 15) is 0 Å². The molecule has 0 aromatic heterocycles. The number of aryl methyl sites for hydroxylation is 1. The summed E-state index contributed by atoms with van der Waals surface area (Å²) in [5, 5.41) is 0.663. The van der Waals surface area contributed by atoms with Crippen LogP contribution in [0, 0.1) is 6.92 Å². The zero-order valence-electron chi connectivity index (χ0n) is 9.51. The molecule has 1 unspecified atom stereocenters. The number of ether oxygens (including phenoxy) is 1. The Bertz CT molecular complexity index is 315. The van der Waals surface area contributed by atoms with Crippen LogP contribution in [0.3, 0.4) is 0 Å². The maximum Gasteiger partial charge on any atom is 0.140 e. The van der Waals surface area contributed by atoms with Crippen LogP contribution < -0.4 is 10.5 Å². The summed E-state index contributed by atoms with van der Waals surface area (Å²) in [7, 11) is 1.63. The maximum atomic E-state index is 6.10. The molecule has 0 amide bonds. The molecule has 0 fully saturated rings. The van der Waals surface area contributed by atoms with Crippen molar-refractivity contribution in [3.8, 4) is 5.75 Å². The van der Waals surface area contributed by atoms with E-state index in [0.717, 1.165) is 24.2 Å². The number of hydrogen-bond donors (Lipinski definition) is 1. The van der Waals surface area contributed by atoms with Crippen molar-refractivity contribution in [1.29, 1.82) is 0 Å². The molecule has 1 aromatic carbocycles. The van der Waals surface area contributed by atoms with E-state index in [2.05, 4.69) is 13.0 Å². The molecule has 2 N–H and O–H groups in total. The molecule has 1 rings (SSSR count). The van der Waals surface area contributed by atoms with Gasteiger partial charge in [0.2, 0.25) is 0 Å². The van der Waals surface area contributed by atoms with E-state index in [-0.39, 0.29) is 6.04 Å². The Morgan fingerprint density at radius 2 is 2.13 bits per heavy atom. The Morgan fingerprint density at radius 1 is 1.47 bits per heavy atom. The van der Waals surface area contributed by atoms with Gasteiger partial charge in [0.05, 0.1) is 12.1 Å².